The normalized spacial score (nSPS) is 15.5. The van der Waals surface area contributed by atoms with E-state index in [-0.39, 0.29) is 11.2 Å². The predicted octanol–water partition coefficient (Wildman–Crippen LogP) is 5.56. The topological polar surface area (TPSA) is 82.2 Å². The van der Waals surface area contributed by atoms with Gasteiger partial charge in [-0.3, -0.25) is 9.36 Å². The summed E-state index contributed by atoms with van der Waals surface area (Å²) in [6.07, 6.45) is 7.45. The first kappa shape index (κ1) is 21.5. The van der Waals surface area contributed by atoms with E-state index in [0.29, 0.717) is 29.8 Å². The third-order valence-electron chi connectivity index (χ3n) is 5.44. The van der Waals surface area contributed by atoms with E-state index >= 15 is 0 Å². The summed E-state index contributed by atoms with van der Waals surface area (Å²) in [7, 11) is 0. The average molecular weight is 441 g/mol. The molecule has 0 aliphatic heterocycles. The molecule has 2 heterocycles. The fraction of sp³-hybridized carbons (Fsp3) is 0.435. The minimum atomic E-state index is -0.356. The molecule has 31 heavy (non-hydrogen) atoms. The molecule has 1 saturated carbocycles. The zero-order valence-electron chi connectivity index (χ0n) is 17.9. The van der Waals surface area contributed by atoms with Crippen LogP contribution in [0, 0.1) is 0 Å². The van der Waals surface area contributed by atoms with Gasteiger partial charge in [-0.1, -0.05) is 43.2 Å². The number of furan rings is 1. The maximum Gasteiger partial charge on any atom is 0.237 e. The van der Waals surface area contributed by atoms with Crippen LogP contribution < -0.4 is 10.1 Å². The van der Waals surface area contributed by atoms with Crippen molar-refractivity contribution in [2.24, 2.45) is 0 Å². The van der Waals surface area contributed by atoms with Crippen LogP contribution in [-0.4, -0.2) is 32.5 Å². The molecule has 0 bridgehead atoms. The quantitative estimate of drug-likeness (QED) is 0.462. The number of rotatable bonds is 8. The molecule has 3 aromatic rings. The maximum atomic E-state index is 12.9. The maximum absolute atomic E-state index is 12.9. The Balaban J connectivity index is 1.54. The summed E-state index contributed by atoms with van der Waals surface area (Å²) < 4.78 is 13.4. The molecule has 7 nitrogen and oxygen atoms in total. The number of thioether (sulfide) groups is 1. The number of aromatic nitrogens is 3. The van der Waals surface area contributed by atoms with Gasteiger partial charge in [0.2, 0.25) is 11.7 Å². The fourth-order valence-corrected chi connectivity index (χ4v) is 4.82. The van der Waals surface area contributed by atoms with Gasteiger partial charge in [-0.25, -0.2) is 0 Å². The monoisotopic (exact) mass is 440 g/mol. The van der Waals surface area contributed by atoms with E-state index in [9.17, 15) is 4.79 Å². The molecule has 2 aromatic heterocycles. The number of anilines is 1. The Hall–Kier alpha value is -2.74. The summed E-state index contributed by atoms with van der Waals surface area (Å²) >= 11 is 1.42. The van der Waals surface area contributed by atoms with Crippen molar-refractivity contribution in [2.75, 3.05) is 11.9 Å². The predicted molar refractivity (Wildman–Crippen MR) is 121 cm³/mol. The van der Waals surface area contributed by atoms with Crippen molar-refractivity contribution in [2.45, 2.75) is 62.4 Å². The van der Waals surface area contributed by atoms with Gasteiger partial charge in [0, 0.05) is 6.04 Å². The van der Waals surface area contributed by atoms with Crippen LogP contribution in [0.25, 0.3) is 11.6 Å². The van der Waals surface area contributed by atoms with Gasteiger partial charge < -0.3 is 14.5 Å². The van der Waals surface area contributed by atoms with Crippen molar-refractivity contribution >= 4 is 23.4 Å². The highest BCUT2D eigenvalue weighted by molar-refractivity contribution is 8.00. The number of para-hydroxylation sites is 2. The smallest absolute Gasteiger partial charge is 0.237 e. The molecule has 1 aliphatic rings. The highest BCUT2D eigenvalue weighted by Crippen LogP contribution is 2.37. The van der Waals surface area contributed by atoms with Crippen LogP contribution in [0.4, 0.5) is 5.69 Å². The first-order valence-electron chi connectivity index (χ1n) is 10.9. The molecule has 164 valence electrons. The van der Waals surface area contributed by atoms with E-state index < -0.39 is 0 Å². The minimum Gasteiger partial charge on any atom is -0.492 e. The summed E-state index contributed by atoms with van der Waals surface area (Å²) in [5.41, 5.74) is 0.673. The number of benzene rings is 1. The third kappa shape index (κ3) is 4.95. The number of nitrogens with zero attached hydrogens (tertiary/aromatic N) is 3. The molecule has 0 saturated heterocycles. The molecule has 1 atom stereocenters. The molecule has 1 unspecified atom stereocenters. The molecule has 8 heteroatoms. The number of carbonyl (C=O) groups is 1. The second-order valence-electron chi connectivity index (χ2n) is 7.62. The van der Waals surface area contributed by atoms with Crippen molar-refractivity contribution in [3.05, 3.63) is 42.7 Å². The number of hydrogen-bond donors (Lipinski definition) is 1. The zero-order valence-corrected chi connectivity index (χ0v) is 18.7. The molecule has 1 N–H and O–H groups in total. The van der Waals surface area contributed by atoms with E-state index in [2.05, 4.69) is 20.1 Å². The van der Waals surface area contributed by atoms with Gasteiger partial charge in [-0.15, -0.1) is 10.2 Å². The Labute approximate surface area is 186 Å². The van der Waals surface area contributed by atoms with Crippen LogP contribution in [0.5, 0.6) is 5.75 Å². The van der Waals surface area contributed by atoms with Gasteiger partial charge in [0.1, 0.15) is 5.75 Å². The SMILES string of the molecule is CCOc1ccccc1NC(=O)C(C)Sc1nnc(-c2ccco2)n1C1CCCCC1. The lowest BCUT2D eigenvalue weighted by Crippen LogP contribution is -2.24. The lowest BCUT2D eigenvalue weighted by Gasteiger charge is -2.25. The molecule has 1 fully saturated rings. The number of nitrogens with one attached hydrogen (secondary N) is 1. The van der Waals surface area contributed by atoms with Crippen LogP contribution in [0.3, 0.4) is 0 Å². The lowest BCUT2D eigenvalue weighted by atomic mass is 9.95. The van der Waals surface area contributed by atoms with E-state index in [1.165, 1.54) is 31.0 Å². The van der Waals surface area contributed by atoms with E-state index in [0.717, 1.165) is 23.8 Å². The molecule has 4 rings (SSSR count). The minimum absolute atomic E-state index is 0.102. The first-order chi connectivity index (χ1) is 15.2. The highest BCUT2D eigenvalue weighted by atomic mass is 32.2. The van der Waals surface area contributed by atoms with E-state index in [1.807, 2.05) is 50.2 Å². The molecular weight excluding hydrogens is 412 g/mol. The average Bonchev–Trinajstić information content (AvgIpc) is 3.46. The first-order valence-corrected chi connectivity index (χ1v) is 11.7. The highest BCUT2D eigenvalue weighted by Gasteiger charge is 2.27. The largest absolute Gasteiger partial charge is 0.492 e. The van der Waals surface area contributed by atoms with Gasteiger partial charge >= 0.3 is 0 Å². The number of amides is 1. The van der Waals surface area contributed by atoms with Crippen molar-refractivity contribution in [3.63, 3.8) is 0 Å². The Morgan fingerprint density at radius 1 is 1.23 bits per heavy atom. The second kappa shape index (κ2) is 10.0. The van der Waals surface area contributed by atoms with Crippen LogP contribution in [0.1, 0.15) is 52.0 Å². The zero-order chi connectivity index (χ0) is 21.6. The Morgan fingerprint density at radius 3 is 2.77 bits per heavy atom. The summed E-state index contributed by atoms with van der Waals surface area (Å²) in [5.74, 6) is 2.00. The lowest BCUT2D eigenvalue weighted by molar-refractivity contribution is -0.115. The summed E-state index contributed by atoms with van der Waals surface area (Å²) in [4.78, 5) is 12.9. The van der Waals surface area contributed by atoms with Crippen molar-refractivity contribution < 1.29 is 13.9 Å². The molecule has 0 radical (unpaired) electrons. The van der Waals surface area contributed by atoms with Crippen molar-refractivity contribution in [3.8, 4) is 17.3 Å². The van der Waals surface area contributed by atoms with Gasteiger partial charge in [0.05, 0.1) is 23.8 Å². The molecule has 1 aliphatic carbocycles. The van der Waals surface area contributed by atoms with Gasteiger partial charge in [-0.05, 0) is 51.0 Å². The number of carbonyl (C=O) groups excluding carboxylic acids is 1. The fourth-order valence-electron chi connectivity index (χ4n) is 3.90. The Morgan fingerprint density at radius 2 is 2.03 bits per heavy atom. The standard InChI is InChI=1S/C23H28N4O3S/c1-3-29-19-13-8-7-12-18(19)24-22(28)16(2)31-23-26-25-21(20-14-9-15-30-20)27(23)17-10-5-4-6-11-17/h7-9,12-17H,3-6,10-11H2,1-2H3,(H,24,28). The number of hydrogen-bond acceptors (Lipinski definition) is 6. The Bertz CT molecular complexity index is 996. The second-order valence-corrected chi connectivity index (χ2v) is 8.93. The summed E-state index contributed by atoms with van der Waals surface area (Å²) in [5, 5.41) is 12.2. The van der Waals surface area contributed by atoms with Gasteiger partial charge in [0.15, 0.2) is 10.9 Å². The van der Waals surface area contributed by atoms with Crippen LogP contribution >= 0.6 is 11.8 Å². The van der Waals surface area contributed by atoms with Crippen molar-refractivity contribution in [1.82, 2.24) is 14.8 Å². The molecule has 1 amide bonds. The Kier molecular flexibility index (Phi) is 6.96. The number of ether oxygens (including phenoxy) is 1. The third-order valence-corrected chi connectivity index (χ3v) is 6.50. The van der Waals surface area contributed by atoms with Gasteiger partial charge in [0.25, 0.3) is 0 Å². The van der Waals surface area contributed by atoms with Crippen LogP contribution in [0.15, 0.2) is 52.2 Å². The molecular formula is C23H28N4O3S. The van der Waals surface area contributed by atoms with Crippen LogP contribution in [-0.2, 0) is 4.79 Å². The summed E-state index contributed by atoms with van der Waals surface area (Å²) in [6, 6.07) is 11.5. The van der Waals surface area contributed by atoms with E-state index in [1.54, 1.807) is 6.26 Å². The van der Waals surface area contributed by atoms with E-state index in [4.69, 9.17) is 9.15 Å². The van der Waals surface area contributed by atoms with Crippen LogP contribution in [0.2, 0.25) is 0 Å². The molecule has 0 spiro atoms. The van der Waals surface area contributed by atoms with Crippen molar-refractivity contribution in [1.29, 1.82) is 0 Å². The molecule has 1 aromatic carbocycles. The summed E-state index contributed by atoms with van der Waals surface area (Å²) in [6.45, 7) is 4.35. The van der Waals surface area contributed by atoms with Gasteiger partial charge in [-0.2, -0.15) is 0 Å².